The third-order valence-corrected chi connectivity index (χ3v) is 5.47. The third-order valence-electron chi connectivity index (χ3n) is 5.47. The number of hydrogen-bond donors (Lipinski definition) is 2. The van der Waals surface area contributed by atoms with Crippen LogP contribution in [-0.2, 0) is 20.7 Å². The average molecular weight is 579 g/mol. The second kappa shape index (κ2) is 15.7. The number of methoxy groups -OCH3 is 1. The van der Waals surface area contributed by atoms with Crippen molar-refractivity contribution in [3.05, 3.63) is 29.8 Å². The number of alkyl halides is 7. The van der Waals surface area contributed by atoms with Crippen LogP contribution in [0.25, 0.3) is 0 Å². The number of benzene rings is 1. The molecule has 15 heteroatoms. The number of rotatable bonds is 18. The lowest BCUT2D eigenvalue weighted by Gasteiger charge is -2.28. The van der Waals surface area contributed by atoms with Gasteiger partial charge in [-0.1, -0.05) is 12.1 Å². The second-order valence-electron chi connectivity index (χ2n) is 8.42. The fourth-order valence-electron chi connectivity index (χ4n) is 3.33. The van der Waals surface area contributed by atoms with Gasteiger partial charge in [-0.2, -0.15) is 30.7 Å². The van der Waals surface area contributed by atoms with E-state index in [1.165, 1.54) is 7.11 Å². The number of carbonyl (C=O) groups excluding carboxylic acids is 1. The highest BCUT2D eigenvalue weighted by Crippen LogP contribution is 2.48. The van der Waals surface area contributed by atoms with E-state index in [2.05, 4.69) is 5.32 Å². The van der Waals surface area contributed by atoms with Gasteiger partial charge in [0.1, 0.15) is 12.4 Å². The number of nitrogens with one attached hydrogen (secondary N) is 1. The molecule has 1 atom stereocenters. The molecule has 0 aliphatic carbocycles. The number of aliphatic carboxylic acids is 1. The van der Waals surface area contributed by atoms with E-state index in [4.69, 9.17) is 14.2 Å². The van der Waals surface area contributed by atoms with Gasteiger partial charge in [-0.3, -0.25) is 0 Å². The lowest BCUT2D eigenvalue weighted by Crippen LogP contribution is -2.51. The van der Waals surface area contributed by atoms with E-state index in [0.29, 0.717) is 11.3 Å². The first-order chi connectivity index (χ1) is 18.2. The van der Waals surface area contributed by atoms with Crippen molar-refractivity contribution in [3.8, 4) is 5.75 Å². The zero-order valence-electron chi connectivity index (χ0n) is 21.5. The molecule has 1 rings (SSSR count). The average Bonchev–Trinajstić information content (AvgIpc) is 2.85. The van der Waals surface area contributed by atoms with Gasteiger partial charge in [-0.25, -0.2) is 9.59 Å². The summed E-state index contributed by atoms with van der Waals surface area (Å²) in [6.45, 7) is 1.88. The molecular weight excluding hydrogens is 545 g/mol. The molecule has 2 amide bonds. The van der Waals surface area contributed by atoms with E-state index in [0.717, 1.165) is 4.90 Å². The molecular formula is C24H33F7N2O6. The van der Waals surface area contributed by atoms with Gasteiger partial charge in [-0.05, 0) is 37.5 Å². The molecule has 1 aromatic carbocycles. The quantitative estimate of drug-likeness (QED) is 0.193. The van der Waals surface area contributed by atoms with Gasteiger partial charge in [0.25, 0.3) is 0 Å². The van der Waals surface area contributed by atoms with Gasteiger partial charge < -0.3 is 29.5 Å². The van der Waals surface area contributed by atoms with Crippen LogP contribution in [-0.4, -0.2) is 92.7 Å². The Kier molecular flexibility index (Phi) is 13.8. The second-order valence-corrected chi connectivity index (χ2v) is 8.42. The molecule has 0 bridgehead atoms. The Balaban J connectivity index is 2.68. The molecule has 0 saturated heterocycles. The van der Waals surface area contributed by atoms with Crippen LogP contribution in [0.2, 0.25) is 0 Å². The smallest absolute Gasteiger partial charge is 0.459 e. The lowest BCUT2D eigenvalue weighted by molar-refractivity contribution is -0.355. The minimum absolute atomic E-state index is 0.0545. The normalized spacial score (nSPS) is 13.2. The zero-order valence-corrected chi connectivity index (χ0v) is 21.5. The van der Waals surface area contributed by atoms with Crippen molar-refractivity contribution >= 4 is 12.0 Å². The van der Waals surface area contributed by atoms with E-state index >= 15 is 0 Å². The van der Waals surface area contributed by atoms with Crippen molar-refractivity contribution in [1.29, 1.82) is 0 Å². The monoisotopic (exact) mass is 578 g/mol. The van der Waals surface area contributed by atoms with E-state index in [1.807, 2.05) is 0 Å². The Hall–Kier alpha value is -2.81. The number of hydrogen-bond acceptors (Lipinski definition) is 5. The predicted octanol–water partition coefficient (Wildman–Crippen LogP) is 4.76. The van der Waals surface area contributed by atoms with Crippen molar-refractivity contribution < 1.29 is 59.6 Å². The number of urea groups is 1. The predicted molar refractivity (Wildman–Crippen MR) is 125 cm³/mol. The number of nitrogens with zero attached hydrogens (tertiary/aromatic N) is 1. The summed E-state index contributed by atoms with van der Waals surface area (Å²) < 4.78 is 106. The molecule has 2 N–H and O–H groups in total. The lowest BCUT2D eigenvalue weighted by atomic mass is 10.0. The summed E-state index contributed by atoms with van der Waals surface area (Å²) >= 11 is 0. The highest BCUT2D eigenvalue weighted by atomic mass is 19.4. The summed E-state index contributed by atoms with van der Waals surface area (Å²) in [7, 11) is 1.40. The summed E-state index contributed by atoms with van der Waals surface area (Å²) in [6, 6.07) is 5.79. The van der Waals surface area contributed by atoms with Crippen LogP contribution < -0.4 is 10.1 Å². The Bertz CT molecular complexity index is 885. The van der Waals surface area contributed by atoms with Crippen LogP contribution in [0.15, 0.2) is 24.3 Å². The summed E-state index contributed by atoms with van der Waals surface area (Å²) in [5.74, 6) is -12.2. The number of ether oxygens (including phenoxy) is 3. The number of unbranched alkanes of at least 4 members (excludes halogenated alkanes) is 1. The molecule has 0 aromatic heterocycles. The summed E-state index contributed by atoms with van der Waals surface area (Å²) in [5, 5.41) is 11.7. The molecule has 1 aromatic rings. The van der Waals surface area contributed by atoms with Crippen LogP contribution in [0, 0.1) is 0 Å². The maximum absolute atomic E-state index is 13.5. The maximum atomic E-state index is 13.5. The summed E-state index contributed by atoms with van der Waals surface area (Å²) in [4.78, 5) is 24.8. The molecule has 0 spiro atoms. The Morgan fingerprint density at radius 3 is 2.18 bits per heavy atom. The van der Waals surface area contributed by atoms with E-state index in [9.17, 15) is 45.4 Å². The molecule has 0 saturated carbocycles. The first-order valence-corrected chi connectivity index (χ1v) is 12.1. The SMILES string of the molecule is CCOC(Cc1ccc(OCCN(CCCCC(F)(F)C(F)(F)C(F)(F)F)C(=O)NCCOC)cc1)C(=O)O. The van der Waals surface area contributed by atoms with Gasteiger partial charge in [0.15, 0.2) is 6.10 Å². The van der Waals surface area contributed by atoms with Gasteiger partial charge in [0, 0.05) is 39.6 Å². The fourth-order valence-corrected chi connectivity index (χ4v) is 3.33. The summed E-state index contributed by atoms with van der Waals surface area (Å²) in [6.07, 6.45) is -9.94. The van der Waals surface area contributed by atoms with E-state index < -0.39 is 49.0 Å². The molecule has 0 fully saturated rings. The maximum Gasteiger partial charge on any atom is 0.459 e. The molecule has 0 aliphatic rings. The molecule has 1 unspecified atom stereocenters. The van der Waals surface area contributed by atoms with Gasteiger partial charge in [0.2, 0.25) is 0 Å². The number of carboxylic acids is 1. The number of halogens is 7. The van der Waals surface area contributed by atoms with Crippen LogP contribution in [0.3, 0.4) is 0 Å². The molecule has 224 valence electrons. The molecule has 0 aliphatic heterocycles. The van der Waals surface area contributed by atoms with Crippen LogP contribution in [0.4, 0.5) is 35.5 Å². The minimum Gasteiger partial charge on any atom is -0.492 e. The van der Waals surface area contributed by atoms with Crippen LogP contribution in [0.1, 0.15) is 31.7 Å². The van der Waals surface area contributed by atoms with Crippen molar-refractivity contribution in [2.45, 2.75) is 56.7 Å². The topological polar surface area (TPSA) is 97.3 Å². The number of carboxylic acid groups (broad SMARTS) is 1. The molecule has 8 nitrogen and oxygen atoms in total. The largest absolute Gasteiger partial charge is 0.492 e. The van der Waals surface area contributed by atoms with Gasteiger partial charge in [0.05, 0.1) is 13.2 Å². The third kappa shape index (κ3) is 11.1. The Morgan fingerprint density at radius 1 is 1.00 bits per heavy atom. The standard InChI is InChI=1S/C24H33F7N2O6/c1-3-38-19(20(34)35)16-17-6-8-18(9-7-17)39-15-13-33(21(36)32-11-14-37-2)12-5-4-10-22(25,26)23(27,28)24(29,30)31/h6-9,19H,3-5,10-16H2,1-2H3,(H,32,36)(H,34,35). The zero-order chi connectivity index (χ0) is 29.7. The van der Waals surface area contributed by atoms with Crippen LogP contribution in [0.5, 0.6) is 5.75 Å². The van der Waals surface area contributed by atoms with Gasteiger partial charge >= 0.3 is 30.0 Å². The number of amides is 2. The number of carbonyl (C=O) groups is 2. The molecule has 0 radical (unpaired) electrons. The highest BCUT2D eigenvalue weighted by Gasteiger charge is 2.72. The Morgan fingerprint density at radius 2 is 1.64 bits per heavy atom. The highest BCUT2D eigenvalue weighted by molar-refractivity contribution is 5.74. The van der Waals surface area contributed by atoms with E-state index in [-0.39, 0.29) is 52.3 Å². The first kappa shape index (κ1) is 34.2. The van der Waals surface area contributed by atoms with Crippen molar-refractivity contribution in [1.82, 2.24) is 10.2 Å². The molecule has 0 heterocycles. The van der Waals surface area contributed by atoms with E-state index in [1.54, 1.807) is 31.2 Å². The van der Waals surface area contributed by atoms with Crippen LogP contribution >= 0.6 is 0 Å². The fraction of sp³-hybridized carbons (Fsp3) is 0.667. The van der Waals surface area contributed by atoms with Crippen molar-refractivity contribution in [2.75, 3.05) is 46.6 Å². The first-order valence-electron chi connectivity index (χ1n) is 12.1. The Labute approximate surface area is 221 Å². The van der Waals surface area contributed by atoms with Crippen molar-refractivity contribution in [3.63, 3.8) is 0 Å². The summed E-state index contributed by atoms with van der Waals surface area (Å²) in [5.41, 5.74) is 0.676. The van der Waals surface area contributed by atoms with Crippen molar-refractivity contribution in [2.24, 2.45) is 0 Å². The molecule has 39 heavy (non-hydrogen) atoms. The van der Waals surface area contributed by atoms with Gasteiger partial charge in [-0.15, -0.1) is 0 Å². The minimum atomic E-state index is -6.39.